The second kappa shape index (κ2) is 23.3. The van der Waals surface area contributed by atoms with Gasteiger partial charge in [-0.05, 0) is 77.0 Å². The van der Waals surface area contributed by atoms with E-state index < -0.39 is 0 Å². The van der Waals surface area contributed by atoms with Crippen LogP contribution in [0.15, 0.2) is 0 Å². The first-order valence-corrected chi connectivity index (χ1v) is 15.7. The quantitative estimate of drug-likeness (QED) is 0.0943. The topological polar surface area (TPSA) is 90.9 Å². The van der Waals surface area contributed by atoms with Gasteiger partial charge in [-0.3, -0.25) is 4.79 Å². The summed E-state index contributed by atoms with van der Waals surface area (Å²) in [7, 11) is 0. The van der Waals surface area contributed by atoms with Crippen LogP contribution in [-0.2, 0) is 42.7 Å². The Balaban J connectivity index is 1.34. The van der Waals surface area contributed by atoms with Crippen molar-refractivity contribution in [1.29, 1.82) is 0 Å². The summed E-state index contributed by atoms with van der Waals surface area (Å²) in [6.45, 7) is 7.93. The van der Waals surface area contributed by atoms with Gasteiger partial charge in [0.15, 0.2) is 6.79 Å². The largest absolute Gasteiger partial charge is 0.465 e. The monoisotopic (exact) mass is 564 g/mol. The van der Waals surface area contributed by atoms with Gasteiger partial charge in [0.1, 0.15) is 13.6 Å². The summed E-state index contributed by atoms with van der Waals surface area (Å²) in [5, 5.41) is 0. The smallest absolute Gasteiger partial charge is 0.315 e. The van der Waals surface area contributed by atoms with Crippen molar-refractivity contribution in [3.8, 4) is 0 Å². The number of rotatable bonds is 23. The van der Waals surface area contributed by atoms with E-state index in [2.05, 4.69) is 0 Å². The summed E-state index contributed by atoms with van der Waals surface area (Å²) in [6.07, 6.45) is 13.3. The van der Waals surface area contributed by atoms with Crippen molar-refractivity contribution in [3.05, 3.63) is 0 Å². The molecule has 0 aromatic rings. The highest BCUT2D eigenvalue weighted by Gasteiger charge is 2.25. The van der Waals surface area contributed by atoms with E-state index in [9.17, 15) is 4.79 Å². The molecule has 0 heterocycles. The maximum Gasteiger partial charge on any atom is 0.315 e. The fraction of sp³-hybridized carbons (Fsp3) is 0.964. The summed E-state index contributed by atoms with van der Waals surface area (Å²) in [6, 6.07) is 0. The van der Waals surface area contributed by atoms with Crippen LogP contribution in [0, 0.1) is 11.8 Å². The van der Waals surface area contributed by atoms with Crippen LogP contribution in [0.5, 0.6) is 0 Å². The molecule has 0 radical (unpaired) electrons. The molecule has 0 aliphatic heterocycles. The van der Waals surface area contributed by atoms with Crippen LogP contribution in [0.4, 0.5) is 0 Å². The zero-order valence-electron chi connectivity index (χ0n) is 23.7. The van der Waals surface area contributed by atoms with Crippen molar-refractivity contribution >= 4 is 17.7 Å². The summed E-state index contributed by atoms with van der Waals surface area (Å²) < 4.78 is 43.4. The lowest BCUT2D eigenvalue weighted by Gasteiger charge is -2.32. The minimum absolute atomic E-state index is 0.140. The number of esters is 1. The lowest BCUT2D eigenvalue weighted by Crippen LogP contribution is -2.25. The van der Waals surface area contributed by atoms with Crippen molar-refractivity contribution in [2.45, 2.75) is 90.3 Å². The van der Waals surface area contributed by atoms with Crippen molar-refractivity contribution in [2.24, 2.45) is 11.8 Å². The van der Waals surface area contributed by atoms with E-state index >= 15 is 0 Å². The number of hydrogen-bond donors (Lipinski definition) is 0. The average molecular weight is 565 g/mol. The van der Waals surface area contributed by atoms with Crippen molar-refractivity contribution in [3.63, 3.8) is 0 Å². The molecule has 2 fully saturated rings. The average Bonchev–Trinajstić information content (AvgIpc) is 2.94. The molecular weight excluding hydrogens is 512 g/mol. The summed E-state index contributed by atoms with van der Waals surface area (Å²) in [5.41, 5.74) is 0. The van der Waals surface area contributed by atoms with E-state index in [0.717, 1.165) is 24.7 Å². The van der Waals surface area contributed by atoms with E-state index in [-0.39, 0.29) is 25.3 Å². The summed E-state index contributed by atoms with van der Waals surface area (Å²) >= 11 is 1.35. The Morgan fingerprint density at radius 3 is 1.68 bits per heavy atom. The van der Waals surface area contributed by atoms with Crippen molar-refractivity contribution < 1.29 is 42.7 Å². The van der Waals surface area contributed by atoms with E-state index in [1.165, 1.54) is 63.1 Å². The number of hydrogen-bond acceptors (Lipinski definition) is 10. The highest BCUT2D eigenvalue weighted by atomic mass is 32.2. The summed E-state index contributed by atoms with van der Waals surface area (Å²) in [5.74, 6) is 2.16. The van der Waals surface area contributed by atoms with Crippen LogP contribution in [0.2, 0.25) is 0 Å². The Labute approximate surface area is 234 Å². The fourth-order valence-corrected chi connectivity index (χ4v) is 5.55. The van der Waals surface area contributed by atoms with E-state index in [0.29, 0.717) is 64.6 Å². The van der Waals surface area contributed by atoms with E-state index in [1.54, 1.807) is 6.92 Å². The normalized spacial score (nSPS) is 23.9. The minimum atomic E-state index is -0.227. The molecular formula is C28H52O9S. The molecule has 0 N–H and O–H groups in total. The molecule has 0 unspecified atom stereocenters. The number of carbonyl (C=O) groups excluding carboxylic acids is 1. The molecule has 9 nitrogen and oxygen atoms in total. The van der Waals surface area contributed by atoms with Gasteiger partial charge in [0.05, 0.1) is 56.9 Å². The third-order valence-corrected chi connectivity index (χ3v) is 7.90. The number of carbonyl (C=O) groups is 1. The van der Waals surface area contributed by atoms with Gasteiger partial charge >= 0.3 is 5.97 Å². The maximum absolute atomic E-state index is 11.2. The van der Waals surface area contributed by atoms with Gasteiger partial charge in [-0.1, -0.05) is 12.8 Å². The molecule has 224 valence electrons. The summed E-state index contributed by atoms with van der Waals surface area (Å²) in [4.78, 5) is 11.2. The predicted molar refractivity (Wildman–Crippen MR) is 147 cm³/mol. The fourth-order valence-electron chi connectivity index (χ4n) is 5.03. The van der Waals surface area contributed by atoms with Crippen LogP contribution in [-0.4, -0.2) is 89.9 Å². The Bertz CT molecular complexity index is 552. The van der Waals surface area contributed by atoms with E-state index in [1.807, 2.05) is 6.92 Å². The number of ether oxygens (including phenoxy) is 8. The molecule has 0 amide bonds. The first-order valence-electron chi connectivity index (χ1n) is 14.6. The molecule has 2 rings (SSSR count). The molecule has 38 heavy (non-hydrogen) atoms. The minimum Gasteiger partial charge on any atom is -0.465 e. The molecule has 0 spiro atoms. The van der Waals surface area contributed by atoms with Crippen LogP contribution in [0.25, 0.3) is 0 Å². The lowest BCUT2D eigenvalue weighted by molar-refractivity contribution is -0.140. The molecule has 0 bridgehead atoms. The molecule has 0 aromatic carbocycles. The van der Waals surface area contributed by atoms with Crippen LogP contribution >= 0.6 is 11.8 Å². The van der Waals surface area contributed by atoms with Crippen LogP contribution in [0.3, 0.4) is 0 Å². The van der Waals surface area contributed by atoms with Crippen molar-refractivity contribution in [1.82, 2.24) is 0 Å². The first-order chi connectivity index (χ1) is 18.7. The van der Waals surface area contributed by atoms with Crippen molar-refractivity contribution in [2.75, 3.05) is 71.7 Å². The second-order valence-corrected chi connectivity index (χ2v) is 10.9. The maximum atomic E-state index is 11.2. The van der Waals surface area contributed by atoms with E-state index in [4.69, 9.17) is 37.9 Å². The van der Waals surface area contributed by atoms with Gasteiger partial charge in [0.25, 0.3) is 0 Å². The SMILES string of the molecule is CCOCOCCOC1CCC(CCC2CCC(OCCOCOCOCSCC(=O)OCC)CC2)CC1. The van der Waals surface area contributed by atoms with Gasteiger partial charge in [-0.15, -0.1) is 11.8 Å². The van der Waals surface area contributed by atoms with Gasteiger partial charge in [0, 0.05) is 6.61 Å². The van der Waals surface area contributed by atoms with Crippen LogP contribution < -0.4 is 0 Å². The van der Waals surface area contributed by atoms with Gasteiger partial charge in [-0.25, -0.2) is 0 Å². The third kappa shape index (κ3) is 17.3. The standard InChI is InChI=1S/C28H52O9S/c1-3-30-20-31-15-17-36-26-11-7-24(8-12-26)5-6-25-9-13-27(14-10-25)37-18-16-32-21-33-22-34-23-38-19-28(29)35-4-2/h24-27H,3-23H2,1-2H3. The third-order valence-electron chi connectivity index (χ3n) is 7.13. The highest BCUT2D eigenvalue weighted by molar-refractivity contribution is 7.99. The van der Waals surface area contributed by atoms with Gasteiger partial charge in [-0.2, -0.15) is 0 Å². The number of thioether (sulfide) groups is 1. The van der Waals surface area contributed by atoms with Crippen LogP contribution in [0.1, 0.15) is 78.1 Å². The predicted octanol–water partition coefficient (Wildman–Crippen LogP) is 5.15. The Hall–Kier alpha value is -0.460. The molecule has 10 heteroatoms. The highest BCUT2D eigenvalue weighted by Crippen LogP contribution is 2.34. The Morgan fingerprint density at radius 2 is 1.16 bits per heavy atom. The first kappa shape index (κ1) is 33.7. The van der Waals surface area contributed by atoms with Gasteiger partial charge in [0.2, 0.25) is 0 Å². The Morgan fingerprint density at radius 1 is 0.632 bits per heavy atom. The molecule has 2 saturated carbocycles. The zero-order chi connectivity index (χ0) is 27.1. The molecule has 0 saturated heterocycles. The lowest BCUT2D eigenvalue weighted by atomic mass is 9.79. The molecule has 0 atom stereocenters. The zero-order valence-corrected chi connectivity index (χ0v) is 24.6. The Kier molecular flexibility index (Phi) is 20.7. The van der Waals surface area contributed by atoms with Gasteiger partial charge < -0.3 is 37.9 Å². The molecule has 2 aliphatic carbocycles. The molecule has 2 aliphatic rings. The molecule has 0 aromatic heterocycles. The second-order valence-electron chi connectivity index (χ2n) is 9.95.